The van der Waals surface area contributed by atoms with Gasteiger partial charge in [-0.2, -0.15) is 0 Å². The molecule has 1 amide bonds. The van der Waals surface area contributed by atoms with Crippen molar-refractivity contribution in [3.8, 4) is 0 Å². The van der Waals surface area contributed by atoms with Gasteiger partial charge >= 0.3 is 0 Å². The van der Waals surface area contributed by atoms with E-state index in [1.807, 2.05) is 4.90 Å². The summed E-state index contributed by atoms with van der Waals surface area (Å²) in [6, 6.07) is 1.80. The van der Waals surface area contributed by atoms with Crippen molar-refractivity contribution in [1.29, 1.82) is 0 Å². The molecule has 102 valence electrons. The van der Waals surface area contributed by atoms with E-state index in [0.29, 0.717) is 18.2 Å². The Kier molecular flexibility index (Phi) is 5.16. The molecule has 2 heterocycles. The highest BCUT2D eigenvalue weighted by Crippen LogP contribution is 2.23. The van der Waals surface area contributed by atoms with Crippen molar-refractivity contribution in [2.45, 2.75) is 32.7 Å². The van der Waals surface area contributed by atoms with E-state index in [-0.39, 0.29) is 24.4 Å². The Balaban J connectivity index is 0.00000162. The van der Waals surface area contributed by atoms with Crippen LogP contribution in [0.5, 0.6) is 0 Å². The predicted octanol–water partition coefficient (Wildman–Crippen LogP) is 1.60. The van der Waals surface area contributed by atoms with Crippen LogP contribution in [-0.2, 0) is 0 Å². The first-order valence-corrected chi connectivity index (χ1v) is 6.06. The van der Waals surface area contributed by atoms with E-state index >= 15 is 0 Å². The number of rotatable bonds is 2. The highest BCUT2D eigenvalue weighted by molar-refractivity contribution is 5.91. The van der Waals surface area contributed by atoms with E-state index in [1.54, 1.807) is 13.0 Å². The molecule has 1 aliphatic rings. The van der Waals surface area contributed by atoms with Crippen molar-refractivity contribution in [3.63, 3.8) is 0 Å². The van der Waals surface area contributed by atoms with Crippen molar-refractivity contribution in [2.24, 2.45) is 11.7 Å². The summed E-state index contributed by atoms with van der Waals surface area (Å²) in [7, 11) is 0. The van der Waals surface area contributed by atoms with Gasteiger partial charge in [0.2, 0.25) is 5.76 Å². The maximum atomic E-state index is 12.2. The topological polar surface area (TPSA) is 72.4 Å². The van der Waals surface area contributed by atoms with Gasteiger partial charge in [0.15, 0.2) is 0 Å². The Morgan fingerprint density at radius 3 is 2.94 bits per heavy atom. The van der Waals surface area contributed by atoms with Crippen LogP contribution in [0.25, 0.3) is 0 Å². The van der Waals surface area contributed by atoms with Gasteiger partial charge in [-0.15, -0.1) is 12.4 Å². The molecule has 2 unspecified atom stereocenters. The van der Waals surface area contributed by atoms with Gasteiger partial charge in [-0.1, -0.05) is 12.1 Å². The Bertz CT molecular complexity index is 408. The summed E-state index contributed by atoms with van der Waals surface area (Å²) in [5.41, 5.74) is 6.46. The molecule has 5 nitrogen and oxygen atoms in total. The van der Waals surface area contributed by atoms with Crippen LogP contribution < -0.4 is 5.73 Å². The molecule has 0 bridgehead atoms. The zero-order chi connectivity index (χ0) is 12.4. The second-order valence-electron chi connectivity index (χ2n) is 4.85. The standard InChI is InChI=1S/C12H19N3O2.ClH/c1-8-3-4-15(10(5-8)7-13)12(16)11-6-9(2)14-17-11;/h6,8,10H,3-5,7,13H2,1-2H3;1H. The number of aryl methyl sites for hydroxylation is 1. The van der Waals surface area contributed by atoms with Crippen LogP contribution in [0.15, 0.2) is 10.6 Å². The molecule has 1 saturated heterocycles. The van der Waals surface area contributed by atoms with Gasteiger partial charge in [-0.05, 0) is 25.7 Å². The van der Waals surface area contributed by atoms with E-state index in [1.165, 1.54) is 0 Å². The Labute approximate surface area is 113 Å². The molecule has 0 radical (unpaired) electrons. The number of piperidine rings is 1. The summed E-state index contributed by atoms with van der Waals surface area (Å²) in [5, 5.41) is 3.74. The summed E-state index contributed by atoms with van der Waals surface area (Å²) in [5.74, 6) is 0.854. The lowest BCUT2D eigenvalue weighted by Gasteiger charge is -2.37. The number of carbonyl (C=O) groups is 1. The molecule has 0 aromatic carbocycles. The normalized spacial score (nSPS) is 23.6. The number of aromatic nitrogens is 1. The van der Waals surface area contributed by atoms with Gasteiger partial charge in [0.05, 0.1) is 5.69 Å². The van der Waals surface area contributed by atoms with E-state index in [4.69, 9.17) is 10.3 Å². The number of hydrogen-bond acceptors (Lipinski definition) is 4. The fourth-order valence-electron chi connectivity index (χ4n) is 2.35. The molecule has 0 aliphatic carbocycles. The second kappa shape index (κ2) is 6.20. The van der Waals surface area contributed by atoms with Crippen molar-refractivity contribution < 1.29 is 9.32 Å². The summed E-state index contributed by atoms with van der Waals surface area (Å²) < 4.78 is 5.02. The SMILES string of the molecule is Cc1cc(C(=O)N2CCC(C)CC2CN)on1.Cl. The lowest BCUT2D eigenvalue weighted by Crippen LogP contribution is -2.49. The average molecular weight is 274 g/mol. The fraction of sp³-hybridized carbons (Fsp3) is 0.667. The second-order valence-corrected chi connectivity index (χ2v) is 4.85. The number of likely N-dealkylation sites (tertiary alicyclic amines) is 1. The summed E-state index contributed by atoms with van der Waals surface area (Å²) in [4.78, 5) is 14.0. The van der Waals surface area contributed by atoms with E-state index < -0.39 is 0 Å². The van der Waals surface area contributed by atoms with Gasteiger partial charge < -0.3 is 15.2 Å². The van der Waals surface area contributed by atoms with Crippen LogP contribution in [-0.4, -0.2) is 35.1 Å². The number of carbonyl (C=O) groups excluding carboxylic acids is 1. The predicted molar refractivity (Wildman–Crippen MR) is 70.8 cm³/mol. The number of nitrogens with two attached hydrogens (primary N) is 1. The van der Waals surface area contributed by atoms with Crippen LogP contribution in [0.3, 0.4) is 0 Å². The third kappa shape index (κ3) is 3.03. The molecule has 1 fully saturated rings. The zero-order valence-corrected chi connectivity index (χ0v) is 11.6. The van der Waals surface area contributed by atoms with Crippen molar-refractivity contribution in [2.75, 3.05) is 13.1 Å². The summed E-state index contributed by atoms with van der Waals surface area (Å²) in [6.45, 7) is 5.26. The zero-order valence-electron chi connectivity index (χ0n) is 10.8. The molecule has 2 N–H and O–H groups in total. The molecule has 1 aromatic rings. The van der Waals surface area contributed by atoms with Crippen molar-refractivity contribution in [1.82, 2.24) is 10.1 Å². The molecule has 2 atom stereocenters. The number of hydrogen-bond donors (Lipinski definition) is 1. The molecule has 1 aliphatic heterocycles. The first kappa shape index (κ1) is 15.0. The highest BCUT2D eigenvalue weighted by Gasteiger charge is 2.31. The average Bonchev–Trinajstić information content (AvgIpc) is 2.75. The minimum absolute atomic E-state index is 0. The van der Waals surface area contributed by atoms with Gasteiger partial charge in [0.25, 0.3) is 5.91 Å². The third-order valence-corrected chi connectivity index (χ3v) is 3.35. The van der Waals surface area contributed by atoms with Crippen molar-refractivity contribution in [3.05, 3.63) is 17.5 Å². The van der Waals surface area contributed by atoms with Gasteiger partial charge in [-0.25, -0.2) is 0 Å². The maximum Gasteiger partial charge on any atom is 0.292 e. The van der Waals surface area contributed by atoms with Crippen molar-refractivity contribution >= 4 is 18.3 Å². The lowest BCUT2D eigenvalue weighted by molar-refractivity contribution is 0.0532. The van der Waals surface area contributed by atoms with Gasteiger partial charge in [-0.3, -0.25) is 4.79 Å². The molecule has 6 heteroatoms. The molecule has 0 saturated carbocycles. The number of nitrogens with zero attached hydrogens (tertiary/aromatic N) is 2. The molecular weight excluding hydrogens is 254 g/mol. The molecule has 0 spiro atoms. The summed E-state index contributed by atoms with van der Waals surface area (Å²) in [6.07, 6.45) is 1.99. The van der Waals surface area contributed by atoms with Gasteiger partial charge in [0.1, 0.15) is 0 Å². The van der Waals surface area contributed by atoms with E-state index in [2.05, 4.69) is 12.1 Å². The Hall–Kier alpha value is -1.07. The first-order chi connectivity index (χ1) is 8.11. The minimum atomic E-state index is -0.0899. The smallest absolute Gasteiger partial charge is 0.292 e. The van der Waals surface area contributed by atoms with Crippen LogP contribution in [0, 0.1) is 12.8 Å². The van der Waals surface area contributed by atoms with Gasteiger partial charge in [0, 0.05) is 25.2 Å². The Morgan fingerprint density at radius 2 is 2.39 bits per heavy atom. The Morgan fingerprint density at radius 1 is 1.67 bits per heavy atom. The fourth-order valence-corrected chi connectivity index (χ4v) is 2.35. The van der Waals surface area contributed by atoms with Crippen LogP contribution in [0.2, 0.25) is 0 Å². The molecule has 1 aromatic heterocycles. The maximum absolute atomic E-state index is 12.2. The molecule has 18 heavy (non-hydrogen) atoms. The third-order valence-electron chi connectivity index (χ3n) is 3.35. The largest absolute Gasteiger partial charge is 0.351 e. The number of halogens is 1. The highest BCUT2D eigenvalue weighted by atomic mass is 35.5. The quantitative estimate of drug-likeness (QED) is 0.888. The van der Waals surface area contributed by atoms with Crippen LogP contribution in [0.1, 0.15) is 36.0 Å². The van der Waals surface area contributed by atoms with E-state index in [9.17, 15) is 4.79 Å². The molecular formula is C12H20ClN3O2. The number of amides is 1. The lowest BCUT2D eigenvalue weighted by atomic mass is 9.92. The molecule has 2 rings (SSSR count). The summed E-state index contributed by atoms with van der Waals surface area (Å²) >= 11 is 0. The van der Waals surface area contributed by atoms with Crippen LogP contribution >= 0.6 is 12.4 Å². The minimum Gasteiger partial charge on any atom is -0.351 e. The first-order valence-electron chi connectivity index (χ1n) is 6.06. The van der Waals surface area contributed by atoms with E-state index in [0.717, 1.165) is 25.1 Å². The monoisotopic (exact) mass is 273 g/mol. The van der Waals surface area contributed by atoms with Crippen LogP contribution in [0.4, 0.5) is 0 Å².